The van der Waals surface area contributed by atoms with Crippen molar-refractivity contribution >= 4 is 18.0 Å². The van der Waals surface area contributed by atoms with Crippen molar-refractivity contribution in [2.24, 2.45) is 5.92 Å². The van der Waals surface area contributed by atoms with Gasteiger partial charge in [-0.25, -0.2) is 23.5 Å². The molecule has 2 amide bonds. The van der Waals surface area contributed by atoms with E-state index in [1.165, 1.54) is 17.3 Å². The van der Waals surface area contributed by atoms with Crippen LogP contribution in [0.25, 0.3) is 11.1 Å². The molecule has 0 unspecified atom stereocenters. The molecule has 1 fully saturated rings. The molecule has 1 saturated heterocycles. The Morgan fingerprint density at radius 2 is 1.74 bits per heavy atom. The molecule has 1 aliphatic heterocycles. The molecule has 188 valence electrons. The van der Waals surface area contributed by atoms with Gasteiger partial charge in [0.1, 0.15) is 0 Å². The van der Waals surface area contributed by atoms with Crippen molar-refractivity contribution in [2.75, 3.05) is 32.8 Å². The highest BCUT2D eigenvalue weighted by Crippen LogP contribution is 2.29. The van der Waals surface area contributed by atoms with Crippen molar-refractivity contribution in [3.63, 3.8) is 0 Å². The highest BCUT2D eigenvalue weighted by Gasteiger charge is 2.24. The van der Waals surface area contributed by atoms with Gasteiger partial charge in [-0.15, -0.1) is 0 Å². The maximum Gasteiger partial charge on any atom is 0.407 e. The van der Waals surface area contributed by atoms with Crippen LogP contribution < -0.4 is 10.1 Å². The number of nitrogens with zero attached hydrogens (tertiary/aromatic N) is 3. The number of rotatable bonds is 9. The summed E-state index contributed by atoms with van der Waals surface area (Å²) in [5.41, 5.74) is 0.454. The van der Waals surface area contributed by atoms with Gasteiger partial charge in [-0.3, -0.25) is 9.59 Å². The highest BCUT2D eigenvalue weighted by molar-refractivity contribution is 5.90. The summed E-state index contributed by atoms with van der Waals surface area (Å²) in [7, 11) is 0. The third-order valence-corrected chi connectivity index (χ3v) is 5.45. The SMILES string of the molecule is CCOC(=O)CCNC(=O)c1ncc(-c2cc(F)c(OCC3CCN(C(=O)O)CC3)c(F)c2)cn1. The molecule has 1 aromatic carbocycles. The van der Waals surface area contributed by atoms with Crippen LogP contribution in [-0.2, 0) is 9.53 Å². The first-order valence-corrected chi connectivity index (χ1v) is 11.1. The molecule has 1 aliphatic rings. The molecule has 2 aromatic rings. The third-order valence-electron chi connectivity index (χ3n) is 5.45. The Morgan fingerprint density at radius 1 is 1.11 bits per heavy atom. The Labute approximate surface area is 200 Å². The predicted octanol–water partition coefficient (Wildman–Crippen LogP) is 2.87. The number of carbonyl (C=O) groups excluding carboxylic acids is 2. The summed E-state index contributed by atoms with van der Waals surface area (Å²) < 4.78 is 39.3. The van der Waals surface area contributed by atoms with Crippen molar-refractivity contribution in [2.45, 2.75) is 26.2 Å². The van der Waals surface area contributed by atoms with Gasteiger partial charge in [0.2, 0.25) is 5.82 Å². The van der Waals surface area contributed by atoms with Crippen molar-refractivity contribution in [1.82, 2.24) is 20.2 Å². The molecule has 1 aromatic heterocycles. The normalized spacial score (nSPS) is 13.9. The van der Waals surface area contributed by atoms with Crippen LogP contribution in [0.5, 0.6) is 5.75 Å². The molecule has 2 heterocycles. The van der Waals surface area contributed by atoms with E-state index >= 15 is 0 Å². The molecule has 0 bridgehead atoms. The maximum atomic E-state index is 14.6. The van der Waals surface area contributed by atoms with E-state index in [2.05, 4.69) is 15.3 Å². The average molecular weight is 492 g/mol. The van der Waals surface area contributed by atoms with Crippen LogP contribution >= 0.6 is 0 Å². The summed E-state index contributed by atoms with van der Waals surface area (Å²) in [6, 6.07) is 2.17. The van der Waals surface area contributed by atoms with Gasteiger partial charge in [0, 0.05) is 37.6 Å². The van der Waals surface area contributed by atoms with Crippen molar-refractivity contribution in [3.8, 4) is 16.9 Å². The first-order valence-electron chi connectivity index (χ1n) is 11.1. The number of carboxylic acid groups (broad SMARTS) is 1. The lowest BCUT2D eigenvalue weighted by molar-refractivity contribution is -0.142. The zero-order valence-electron chi connectivity index (χ0n) is 19.1. The minimum atomic E-state index is -0.983. The Balaban J connectivity index is 1.57. The van der Waals surface area contributed by atoms with Crippen molar-refractivity contribution in [3.05, 3.63) is 42.0 Å². The summed E-state index contributed by atoms with van der Waals surface area (Å²) in [4.78, 5) is 43.5. The van der Waals surface area contributed by atoms with Gasteiger partial charge >= 0.3 is 12.1 Å². The number of carbonyl (C=O) groups is 3. The summed E-state index contributed by atoms with van der Waals surface area (Å²) in [6.07, 6.45) is 2.65. The number of ether oxygens (including phenoxy) is 2. The van der Waals surface area contributed by atoms with Gasteiger partial charge in [-0.2, -0.15) is 0 Å². The largest absolute Gasteiger partial charge is 0.487 e. The van der Waals surface area contributed by atoms with Crippen molar-refractivity contribution < 1.29 is 37.7 Å². The number of hydrogen-bond acceptors (Lipinski definition) is 7. The Hall–Kier alpha value is -3.83. The third kappa shape index (κ3) is 7.08. The minimum Gasteiger partial charge on any atom is -0.487 e. The molecule has 0 saturated carbocycles. The summed E-state index contributed by atoms with van der Waals surface area (Å²) >= 11 is 0. The van der Waals surface area contributed by atoms with Gasteiger partial charge in [0.15, 0.2) is 17.4 Å². The number of amides is 2. The fraction of sp³-hybridized carbons (Fsp3) is 0.435. The first kappa shape index (κ1) is 25.8. The number of esters is 1. The molecule has 10 nitrogen and oxygen atoms in total. The smallest absolute Gasteiger partial charge is 0.407 e. The molecule has 0 spiro atoms. The van der Waals surface area contributed by atoms with E-state index in [4.69, 9.17) is 14.6 Å². The van der Waals surface area contributed by atoms with E-state index in [-0.39, 0.29) is 43.5 Å². The number of hydrogen-bond donors (Lipinski definition) is 2. The second kappa shape index (κ2) is 12.0. The van der Waals surface area contributed by atoms with Crippen LogP contribution in [0.2, 0.25) is 0 Å². The minimum absolute atomic E-state index is 0.00606. The zero-order chi connectivity index (χ0) is 25.4. The second-order valence-electron chi connectivity index (χ2n) is 7.90. The fourth-order valence-corrected chi connectivity index (χ4v) is 3.54. The number of benzene rings is 1. The molecular weight excluding hydrogens is 466 g/mol. The van der Waals surface area contributed by atoms with Crippen LogP contribution in [0.4, 0.5) is 13.6 Å². The monoisotopic (exact) mass is 492 g/mol. The molecule has 0 aliphatic carbocycles. The molecule has 35 heavy (non-hydrogen) atoms. The van der Waals surface area contributed by atoms with Gasteiger partial charge in [-0.1, -0.05) is 0 Å². The predicted molar refractivity (Wildman–Crippen MR) is 119 cm³/mol. The van der Waals surface area contributed by atoms with Gasteiger partial charge < -0.3 is 24.8 Å². The summed E-state index contributed by atoms with van der Waals surface area (Å²) in [5.74, 6) is -3.51. The van der Waals surface area contributed by atoms with Crippen LogP contribution in [-0.4, -0.2) is 70.8 Å². The topological polar surface area (TPSA) is 131 Å². The van der Waals surface area contributed by atoms with E-state index in [1.807, 2.05) is 0 Å². The van der Waals surface area contributed by atoms with E-state index < -0.39 is 35.4 Å². The lowest BCUT2D eigenvalue weighted by Crippen LogP contribution is -2.38. The first-order chi connectivity index (χ1) is 16.8. The van der Waals surface area contributed by atoms with Crippen LogP contribution in [0, 0.1) is 17.6 Å². The van der Waals surface area contributed by atoms with E-state index in [9.17, 15) is 23.2 Å². The van der Waals surface area contributed by atoms with Crippen LogP contribution in [0.1, 0.15) is 36.8 Å². The number of piperidine rings is 1. The molecule has 12 heteroatoms. The number of aromatic nitrogens is 2. The molecule has 2 N–H and O–H groups in total. The standard InChI is InChI=1S/C23H26F2N4O6/c1-2-34-19(30)3-6-26-22(31)21-27-11-16(12-28-21)15-9-17(24)20(18(25)10-15)35-13-14-4-7-29(8-5-14)23(32)33/h9-12,14H,2-8,13H2,1H3,(H,26,31)(H,32,33). The lowest BCUT2D eigenvalue weighted by atomic mass is 9.98. The average Bonchev–Trinajstić information content (AvgIpc) is 2.84. The molecule has 0 atom stereocenters. The number of nitrogens with one attached hydrogen (secondary N) is 1. The number of likely N-dealkylation sites (tertiary alicyclic amines) is 1. The zero-order valence-corrected chi connectivity index (χ0v) is 19.1. The Kier molecular flexibility index (Phi) is 8.87. The summed E-state index contributed by atoms with van der Waals surface area (Å²) in [6.45, 7) is 2.77. The van der Waals surface area contributed by atoms with E-state index in [0.717, 1.165) is 12.1 Å². The molecular formula is C23H26F2N4O6. The van der Waals surface area contributed by atoms with E-state index in [1.54, 1.807) is 6.92 Å². The van der Waals surface area contributed by atoms with Gasteiger partial charge in [0.25, 0.3) is 5.91 Å². The maximum absolute atomic E-state index is 14.6. The fourth-order valence-electron chi connectivity index (χ4n) is 3.54. The quantitative estimate of drug-likeness (QED) is 0.511. The Bertz CT molecular complexity index is 1040. The number of halogens is 2. The van der Waals surface area contributed by atoms with Crippen molar-refractivity contribution in [1.29, 1.82) is 0 Å². The highest BCUT2D eigenvalue weighted by atomic mass is 19.1. The van der Waals surface area contributed by atoms with Crippen LogP contribution in [0.15, 0.2) is 24.5 Å². The molecule has 0 radical (unpaired) electrons. The lowest BCUT2D eigenvalue weighted by Gasteiger charge is -2.29. The van der Waals surface area contributed by atoms with Crippen LogP contribution in [0.3, 0.4) is 0 Å². The Morgan fingerprint density at radius 3 is 2.31 bits per heavy atom. The van der Waals surface area contributed by atoms with Gasteiger partial charge in [0.05, 0.1) is 19.6 Å². The molecule has 3 rings (SSSR count). The second-order valence-corrected chi connectivity index (χ2v) is 7.90. The van der Waals surface area contributed by atoms with Gasteiger partial charge in [-0.05, 0) is 43.4 Å². The van der Waals surface area contributed by atoms with E-state index in [0.29, 0.717) is 31.5 Å². The summed E-state index contributed by atoms with van der Waals surface area (Å²) in [5, 5.41) is 11.5.